The number of alkyl halides is 7. The van der Waals surface area contributed by atoms with E-state index < -0.39 is 93.6 Å². The van der Waals surface area contributed by atoms with Crippen molar-refractivity contribution in [2.45, 2.75) is 101 Å². The SMILES string of the molecule is CCOC(=O)C(C)(C)COc1cc2c(cc1C(F)(F)F)N(C1CCC(F)(F)CC1)C[C@@H](CCC(C)(F)F)N(C)S2(=O)=O. The lowest BCUT2D eigenvalue weighted by atomic mass is 9.90. The van der Waals surface area contributed by atoms with Gasteiger partial charge in [-0.3, -0.25) is 4.79 Å². The molecular weight excluding hydrogens is 597 g/mol. The maximum absolute atomic E-state index is 14.4. The second-order valence-corrected chi connectivity index (χ2v) is 13.7. The van der Waals surface area contributed by atoms with Crippen molar-refractivity contribution in [3.63, 3.8) is 0 Å². The molecule has 3 rings (SSSR count). The lowest BCUT2D eigenvalue weighted by molar-refractivity contribution is -0.155. The van der Waals surface area contributed by atoms with E-state index in [2.05, 4.69) is 0 Å². The lowest BCUT2D eigenvalue weighted by Crippen LogP contribution is -2.47. The highest BCUT2D eigenvalue weighted by molar-refractivity contribution is 7.89. The average molecular weight is 635 g/mol. The van der Waals surface area contributed by atoms with Gasteiger partial charge in [-0.2, -0.15) is 17.5 Å². The van der Waals surface area contributed by atoms with Crippen LogP contribution >= 0.6 is 0 Å². The molecule has 0 bridgehead atoms. The van der Waals surface area contributed by atoms with Gasteiger partial charge in [0, 0.05) is 51.0 Å². The Kier molecular flexibility index (Phi) is 9.78. The highest BCUT2D eigenvalue weighted by Gasteiger charge is 2.45. The summed E-state index contributed by atoms with van der Waals surface area (Å²) in [6.07, 6.45) is -7.44. The number of carbonyl (C=O) groups excluding carboxylic acids is 1. The van der Waals surface area contributed by atoms with Crippen molar-refractivity contribution in [2.75, 3.05) is 31.7 Å². The summed E-state index contributed by atoms with van der Waals surface area (Å²) in [5.74, 6) is -7.71. The van der Waals surface area contributed by atoms with Crippen molar-refractivity contribution in [2.24, 2.45) is 5.41 Å². The maximum atomic E-state index is 14.4. The van der Waals surface area contributed by atoms with Crippen LogP contribution in [0.4, 0.5) is 36.4 Å². The second kappa shape index (κ2) is 12.0. The number of likely N-dealkylation sites (N-methyl/N-ethyl adjacent to an activating group) is 1. The van der Waals surface area contributed by atoms with Crippen molar-refractivity contribution < 1.29 is 53.4 Å². The van der Waals surface area contributed by atoms with Crippen molar-refractivity contribution in [1.82, 2.24) is 4.31 Å². The summed E-state index contributed by atoms with van der Waals surface area (Å²) in [6.45, 7) is 4.17. The van der Waals surface area contributed by atoms with E-state index in [0.29, 0.717) is 19.1 Å². The van der Waals surface area contributed by atoms with Gasteiger partial charge in [-0.15, -0.1) is 0 Å². The average Bonchev–Trinajstić information content (AvgIpc) is 2.93. The van der Waals surface area contributed by atoms with Crippen LogP contribution in [0.25, 0.3) is 0 Å². The quantitative estimate of drug-likeness (QED) is 0.228. The molecular formula is C27H37F7N2O5S. The molecule has 0 N–H and O–H groups in total. The number of hydrogen-bond donors (Lipinski definition) is 0. The first-order valence-electron chi connectivity index (χ1n) is 13.6. The van der Waals surface area contributed by atoms with Crippen LogP contribution in [0.1, 0.15) is 71.8 Å². The Labute approximate surface area is 241 Å². The number of rotatable bonds is 9. The first-order valence-corrected chi connectivity index (χ1v) is 15.1. The van der Waals surface area contributed by atoms with Gasteiger partial charge < -0.3 is 14.4 Å². The predicted molar refractivity (Wildman–Crippen MR) is 140 cm³/mol. The smallest absolute Gasteiger partial charge is 0.420 e. The van der Waals surface area contributed by atoms with E-state index in [0.717, 1.165) is 11.4 Å². The van der Waals surface area contributed by atoms with E-state index in [-0.39, 0.29) is 38.1 Å². The Morgan fingerprint density at radius 2 is 1.67 bits per heavy atom. The number of carbonyl (C=O) groups is 1. The molecule has 1 heterocycles. The van der Waals surface area contributed by atoms with Crippen LogP contribution in [0.5, 0.6) is 5.75 Å². The fourth-order valence-electron chi connectivity index (χ4n) is 5.13. The van der Waals surface area contributed by atoms with Gasteiger partial charge in [0.05, 0.1) is 23.3 Å². The largest absolute Gasteiger partial charge is 0.492 e. The number of hydrogen-bond acceptors (Lipinski definition) is 6. The zero-order valence-corrected chi connectivity index (χ0v) is 25.0. The number of halogens is 7. The van der Waals surface area contributed by atoms with Crippen LogP contribution in [-0.4, -0.2) is 69.4 Å². The fraction of sp³-hybridized carbons (Fsp3) is 0.741. The number of ether oxygens (including phenoxy) is 2. The van der Waals surface area contributed by atoms with Gasteiger partial charge in [-0.25, -0.2) is 26.0 Å². The zero-order valence-electron chi connectivity index (χ0n) is 24.2. The fourth-order valence-corrected chi connectivity index (χ4v) is 6.70. The molecule has 240 valence electrons. The van der Waals surface area contributed by atoms with Gasteiger partial charge in [-0.05, 0) is 53.0 Å². The summed E-state index contributed by atoms with van der Waals surface area (Å²) in [6, 6.07) is -0.522. The van der Waals surface area contributed by atoms with Gasteiger partial charge in [0.15, 0.2) is 0 Å². The van der Waals surface area contributed by atoms with Crippen LogP contribution in [0.3, 0.4) is 0 Å². The Morgan fingerprint density at radius 3 is 2.19 bits per heavy atom. The molecule has 0 radical (unpaired) electrons. The monoisotopic (exact) mass is 634 g/mol. The van der Waals surface area contributed by atoms with Crippen molar-refractivity contribution in [3.8, 4) is 5.75 Å². The van der Waals surface area contributed by atoms with Crippen LogP contribution < -0.4 is 9.64 Å². The zero-order chi connectivity index (χ0) is 31.9. The normalized spacial score (nSPS) is 21.9. The highest BCUT2D eigenvalue weighted by atomic mass is 32.2. The number of sulfonamides is 1. The summed E-state index contributed by atoms with van der Waals surface area (Å²) < 4.78 is 137. The van der Waals surface area contributed by atoms with Gasteiger partial charge in [0.2, 0.25) is 21.9 Å². The molecule has 0 unspecified atom stereocenters. The summed E-state index contributed by atoms with van der Waals surface area (Å²) in [7, 11) is -3.42. The lowest BCUT2D eigenvalue weighted by Gasteiger charge is -2.40. The standard InChI is InChI=1S/C27H37F7N2O5S/c1-6-40-23(37)24(2,3)16-41-21-14-22-20(13-19(21)27(32,33)34)36(17-8-11-26(30,31)12-9-17)15-18(7-10-25(4,28)29)35(5)42(22,38)39/h13-14,17-18H,6-12,15-16H2,1-5H3/t18-/m1/s1. The summed E-state index contributed by atoms with van der Waals surface area (Å²) in [5.41, 5.74) is -3.09. The van der Waals surface area contributed by atoms with Crippen molar-refractivity contribution >= 4 is 21.7 Å². The van der Waals surface area contributed by atoms with Crippen LogP contribution in [0.2, 0.25) is 0 Å². The molecule has 7 nitrogen and oxygen atoms in total. The molecule has 1 aromatic rings. The molecule has 0 aromatic heterocycles. The molecule has 1 aromatic carbocycles. The van der Waals surface area contributed by atoms with E-state index in [1.54, 1.807) is 6.92 Å². The second-order valence-electron chi connectivity index (χ2n) is 11.7. The molecule has 0 saturated heterocycles. The minimum absolute atomic E-state index is 0.0214. The summed E-state index contributed by atoms with van der Waals surface area (Å²) in [4.78, 5) is 13.0. The minimum atomic E-state index is -5.03. The third-order valence-corrected chi connectivity index (χ3v) is 9.65. The van der Waals surface area contributed by atoms with E-state index >= 15 is 0 Å². The molecule has 2 aliphatic rings. The molecule has 1 aliphatic carbocycles. The molecule has 0 amide bonds. The maximum Gasteiger partial charge on any atom is 0.420 e. The molecule has 0 spiro atoms. The Bertz CT molecular complexity index is 1240. The van der Waals surface area contributed by atoms with Crippen molar-refractivity contribution in [1.29, 1.82) is 0 Å². The van der Waals surface area contributed by atoms with E-state index in [4.69, 9.17) is 9.47 Å². The molecule has 15 heteroatoms. The molecule has 1 aliphatic heterocycles. The van der Waals surface area contributed by atoms with Gasteiger partial charge in [0.25, 0.3) is 0 Å². The van der Waals surface area contributed by atoms with E-state index in [9.17, 15) is 43.9 Å². The number of fused-ring (bicyclic) bond motifs is 1. The Balaban J connectivity index is 2.17. The molecule has 1 fully saturated rings. The van der Waals surface area contributed by atoms with Crippen LogP contribution in [-0.2, 0) is 25.7 Å². The third-order valence-electron chi connectivity index (χ3n) is 7.72. The highest BCUT2D eigenvalue weighted by Crippen LogP contribution is 2.47. The summed E-state index contributed by atoms with van der Waals surface area (Å²) in [5, 5.41) is 0. The first-order chi connectivity index (χ1) is 19.1. The van der Waals surface area contributed by atoms with E-state index in [1.165, 1.54) is 18.7 Å². The summed E-state index contributed by atoms with van der Waals surface area (Å²) >= 11 is 0. The third kappa shape index (κ3) is 7.80. The Morgan fingerprint density at radius 1 is 1.07 bits per heavy atom. The predicted octanol–water partition coefficient (Wildman–Crippen LogP) is 6.50. The molecule has 1 saturated carbocycles. The number of benzene rings is 1. The molecule has 42 heavy (non-hydrogen) atoms. The van der Waals surface area contributed by atoms with Gasteiger partial charge >= 0.3 is 12.1 Å². The number of anilines is 1. The minimum Gasteiger partial charge on any atom is -0.492 e. The number of nitrogens with zero attached hydrogens (tertiary/aromatic N) is 2. The van der Waals surface area contributed by atoms with Crippen LogP contribution in [0, 0.1) is 5.41 Å². The topological polar surface area (TPSA) is 76.2 Å². The van der Waals surface area contributed by atoms with E-state index in [1.807, 2.05) is 0 Å². The van der Waals surface area contributed by atoms with Crippen molar-refractivity contribution in [3.05, 3.63) is 17.7 Å². The van der Waals surface area contributed by atoms with Crippen LogP contribution in [0.15, 0.2) is 17.0 Å². The van der Waals surface area contributed by atoms with Gasteiger partial charge in [0.1, 0.15) is 17.3 Å². The molecule has 1 atom stereocenters. The van der Waals surface area contributed by atoms with Gasteiger partial charge in [-0.1, -0.05) is 0 Å². The first kappa shape index (κ1) is 34.2. The Hall–Kier alpha value is -2.29. The number of esters is 1.